The zero-order valence-electron chi connectivity index (χ0n) is 12.8. The van der Waals surface area contributed by atoms with Gasteiger partial charge in [0.15, 0.2) is 0 Å². The Morgan fingerprint density at radius 1 is 1.10 bits per heavy atom. The SMILES string of the molecule is C[C@]12CCC=CC1=CC[C@H]1[C@H]2CC[C@]2(C)C(=O)CC[C@H]12. The molecule has 0 aromatic heterocycles. The van der Waals surface area contributed by atoms with Gasteiger partial charge >= 0.3 is 0 Å². The maximum atomic E-state index is 12.3. The number of allylic oxidation sites excluding steroid dienone is 4. The van der Waals surface area contributed by atoms with Crippen molar-refractivity contribution < 1.29 is 4.79 Å². The molecule has 4 aliphatic rings. The molecule has 2 fully saturated rings. The van der Waals surface area contributed by atoms with Gasteiger partial charge in [-0.2, -0.15) is 0 Å². The second-order valence-electron chi connectivity index (χ2n) is 8.05. The molecular formula is C19H26O. The van der Waals surface area contributed by atoms with Crippen LogP contribution in [-0.4, -0.2) is 5.78 Å². The molecule has 0 unspecified atom stereocenters. The first-order chi connectivity index (χ1) is 9.56. The molecular weight excluding hydrogens is 244 g/mol. The summed E-state index contributed by atoms with van der Waals surface area (Å²) in [4.78, 5) is 12.3. The van der Waals surface area contributed by atoms with Gasteiger partial charge in [-0.15, -0.1) is 0 Å². The second-order valence-corrected chi connectivity index (χ2v) is 8.05. The van der Waals surface area contributed by atoms with Crippen molar-refractivity contribution in [1.82, 2.24) is 0 Å². The first-order valence-corrected chi connectivity index (χ1v) is 8.46. The minimum Gasteiger partial charge on any atom is -0.299 e. The molecule has 108 valence electrons. The van der Waals surface area contributed by atoms with Crippen molar-refractivity contribution >= 4 is 5.78 Å². The van der Waals surface area contributed by atoms with E-state index in [-0.39, 0.29) is 5.41 Å². The molecule has 0 radical (unpaired) electrons. The number of carbonyl (C=O) groups is 1. The van der Waals surface area contributed by atoms with Crippen molar-refractivity contribution in [1.29, 1.82) is 0 Å². The van der Waals surface area contributed by atoms with Gasteiger partial charge in [0.25, 0.3) is 0 Å². The van der Waals surface area contributed by atoms with Crippen LogP contribution < -0.4 is 0 Å². The Balaban J connectivity index is 1.74. The lowest BCUT2D eigenvalue weighted by Crippen LogP contribution is -2.49. The Morgan fingerprint density at radius 2 is 1.90 bits per heavy atom. The van der Waals surface area contributed by atoms with E-state index in [1.807, 2.05) is 0 Å². The number of hydrogen-bond acceptors (Lipinski definition) is 1. The van der Waals surface area contributed by atoms with E-state index in [1.165, 1.54) is 25.7 Å². The van der Waals surface area contributed by atoms with E-state index in [4.69, 9.17) is 0 Å². The molecule has 4 aliphatic carbocycles. The van der Waals surface area contributed by atoms with Gasteiger partial charge in [-0.1, -0.05) is 32.1 Å². The van der Waals surface area contributed by atoms with E-state index < -0.39 is 0 Å². The zero-order chi connectivity index (χ0) is 14.0. The monoisotopic (exact) mass is 270 g/mol. The summed E-state index contributed by atoms with van der Waals surface area (Å²) in [6.07, 6.45) is 15.4. The predicted molar refractivity (Wildman–Crippen MR) is 81.2 cm³/mol. The second kappa shape index (κ2) is 4.08. The molecule has 0 spiro atoms. The predicted octanol–water partition coefficient (Wildman–Crippen LogP) is 4.68. The summed E-state index contributed by atoms with van der Waals surface area (Å²) in [5, 5.41) is 0. The van der Waals surface area contributed by atoms with Crippen molar-refractivity contribution in [3.63, 3.8) is 0 Å². The third-order valence-electron chi connectivity index (χ3n) is 7.36. The Bertz CT molecular complexity index is 514. The Labute approximate surface area is 122 Å². The van der Waals surface area contributed by atoms with Crippen molar-refractivity contribution in [2.24, 2.45) is 28.6 Å². The van der Waals surface area contributed by atoms with Gasteiger partial charge in [0.1, 0.15) is 5.78 Å². The van der Waals surface area contributed by atoms with E-state index in [0.717, 1.165) is 31.1 Å². The molecule has 0 bridgehead atoms. The highest BCUT2D eigenvalue weighted by Crippen LogP contribution is 2.63. The minimum atomic E-state index is 0.0212. The lowest BCUT2D eigenvalue weighted by atomic mass is 9.49. The van der Waals surface area contributed by atoms with Crippen LogP contribution in [0.3, 0.4) is 0 Å². The minimum absolute atomic E-state index is 0.0212. The highest BCUT2D eigenvalue weighted by atomic mass is 16.1. The normalized spacial score (nSPS) is 50.2. The number of fused-ring (bicyclic) bond motifs is 5. The highest BCUT2D eigenvalue weighted by molar-refractivity contribution is 5.87. The fourth-order valence-electron chi connectivity index (χ4n) is 6.07. The van der Waals surface area contributed by atoms with Crippen LogP contribution in [0.4, 0.5) is 0 Å². The number of carbonyl (C=O) groups excluding carboxylic acids is 1. The smallest absolute Gasteiger partial charge is 0.139 e. The van der Waals surface area contributed by atoms with Crippen LogP contribution in [0.2, 0.25) is 0 Å². The fourth-order valence-corrected chi connectivity index (χ4v) is 6.07. The maximum absolute atomic E-state index is 12.3. The Morgan fingerprint density at radius 3 is 2.75 bits per heavy atom. The van der Waals surface area contributed by atoms with E-state index in [2.05, 4.69) is 32.1 Å². The molecule has 0 aliphatic heterocycles. The van der Waals surface area contributed by atoms with Crippen molar-refractivity contribution in [3.8, 4) is 0 Å². The third-order valence-corrected chi connectivity index (χ3v) is 7.36. The largest absolute Gasteiger partial charge is 0.299 e. The molecule has 0 heterocycles. The summed E-state index contributed by atoms with van der Waals surface area (Å²) in [6.45, 7) is 4.77. The summed E-state index contributed by atoms with van der Waals surface area (Å²) >= 11 is 0. The Hall–Kier alpha value is -0.850. The zero-order valence-corrected chi connectivity index (χ0v) is 12.8. The highest BCUT2D eigenvalue weighted by Gasteiger charge is 2.57. The van der Waals surface area contributed by atoms with E-state index in [1.54, 1.807) is 5.57 Å². The van der Waals surface area contributed by atoms with Gasteiger partial charge in [-0.3, -0.25) is 4.79 Å². The van der Waals surface area contributed by atoms with Gasteiger partial charge in [0.05, 0.1) is 0 Å². The molecule has 0 N–H and O–H groups in total. The molecule has 1 heteroatoms. The van der Waals surface area contributed by atoms with Crippen LogP contribution >= 0.6 is 0 Å². The van der Waals surface area contributed by atoms with Crippen LogP contribution in [0.1, 0.15) is 58.8 Å². The molecule has 4 rings (SSSR count). The fraction of sp³-hybridized carbons (Fsp3) is 0.737. The van der Waals surface area contributed by atoms with Crippen LogP contribution in [0.5, 0.6) is 0 Å². The topological polar surface area (TPSA) is 17.1 Å². The maximum Gasteiger partial charge on any atom is 0.139 e. The molecule has 1 nitrogen and oxygen atoms in total. The van der Waals surface area contributed by atoms with Gasteiger partial charge in [0, 0.05) is 11.8 Å². The average molecular weight is 270 g/mol. The van der Waals surface area contributed by atoms with Gasteiger partial charge in [-0.05, 0) is 67.3 Å². The third kappa shape index (κ3) is 1.47. The molecule has 5 atom stereocenters. The lowest BCUT2D eigenvalue weighted by molar-refractivity contribution is -0.131. The van der Waals surface area contributed by atoms with E-state index >= 15 is 0 Å². The van der Waals surface area contributed by atoms with Crippen molar-refractivity contribution in [3.05, 3.63) is 23.8 Å². The average Bonchev–Trinajstić information content (AvgIpc) is 2.74. The Kier molecular flexibility index (Phi) is 2.63. The lowest BCUT2D eigenvalue weighted by Gasteiger charge is -2.55. The quantitative estimate of drug-likeness (QED) is 0.624. The van der Waals surface area contributed by atoms with Crippen LogP contribution in [0.15, 0.2) is 23.8 Å². The number of Topliss-reactive ketones (excluding diaryl/α,β-unsaturated/α-hetero) is 1. The summed E-state index contributed by atoms with van der Waals surface area (Å²) in [5.41, 5.74) is 2.01. The molecule has 0 aromatic carbocycles. The van der Waals surface area contributed by atoms with Crippen LogP contribution in [0, 0.1) is 28.6 Å². The van der Waals surface area contributed by atoms with Crippen molar-refractivity contribution in [2.45, 2.75) is 58.8 Å². The first-order valence-electron chi connectivity index (χ1n) is 8.46. The number of rotatable bonds is 0. The molecule has 2 saturated carbocycles. The summed E-state index contributed by atoms with van der Waals surface area (Å²) in [5.74, 6) is 2.80. The van der Waals surface area contributed by atoms with Crippen molar-refractivity contribution in [2.75, 3.05) is 0 Å². The molecule has 0 aromatic rings. The number of ketones is 1. The summed E-state index contributed by atoms with van der Waals surface area (Å²) in [6, 6.07) is 0. The van der Waals surface area contributed by atoms with Gasteiger partial charge in [0.2, 0.25) is 0 Å². The van der Waals surface area contributed by atoms with Crippen LogP contribution in [0.25, 0.3) is 0 Å². The first kappa shape index (κ1) is 12.9. The van der Waals surface area contributed by atoms with E-state index in [0.29, 0.717) is 17.1 Å². The summed E-state index contributed by atoms with van der Waals surface area (Å²) < 4.78 is 0. The van der Waals surface area contributed by atoms with E-state index in [9.17, 15) is 4.79 Å². The number of hydrogen-bond donors (Lipinski definition) is 0. The van der Waals surface area contributed by atoms with Gasteiger partial charge < -0.3 is 0 Å². The summed E-state index contributed by atoms with van der Waals surface area (Å²) in [7, 11) is 0. The van der Waals surface area contributed by atoms with Crippen LogP contribution in [-0.2, 0) is 4.79 Å². The van der Waals surface area contributed by atoms with Gasteiger partial charge in [-0.25, -0.2) is 0 Å². The molecule has 0 amide bonds. The standard InChI is InChI=1S/C19H26O/c1-18-11-4-3-5-13(18)6-7-14-15-8-9-17(20)19(15,2)12-10-16(14)18/h3,5-6,14-16H,4,7-12H2,1-2H3/t14-,15-,16-,18+,19+/m1/s1. The molecule has 0 saturated heterocycles. The molecule has 20 heavy (non-hydrogen) atoms.